The molecule has 22 heavy (non-hydrogen) atoms. The van der Waals surface area contributed by atoms with Gasteiger partial charge in [-0.2, -0.15) is 0 Å². The van der Waals surface area contributed by atoms with E-state index in [9.17, 15) is 9.59 Å². The minimum absolute atomic E-state index is 0.0919. The van der Waals surface area contributed by atoms with E-state index >= 15 is 0 Å². The molecule has 2 rings (SSSR count). The van der Waals surface area contributed by atoms with Crippen LogP contribution in [0.5, 0.6) is 0 Å². The number of carbonyl (C=O) groups excluding carboxylic acids is 2. The first-order valence-electron chi connectivity index (χ1n) is 7.26. The number of hydrogen-bond donors (Lipinski definition) is 1. The molecule has 118 valence electrons. The summed E-state index contributed by atoms with van der Waals surface area (Å²) in [6.07, 6.45) is 2.46. The van der Waals surface area contributed by atoms with Crippen LogP contribution in [-0.4, -0.2) is 42.9 Å². The second-order valence-electron chi connectivity index (χ2n) is 4.91. The normalized spacial score (nSPS) is 16.3. The lowest BCUT2D eigenvalue weighted by Crippen LogP contribution is -2.42. The van der Waals surface area contributed by atoms with Crippen LogP contribution in [0.4, 0.5) is 0 Å². The largest absolute Gasteiger partial charge is 0.465 e. The summed E-state index contributed by atoms with van der Waals surface area (Å²) in [7, 11) is 0. The minimum Gasteiger partial charge on any atom is -0.465 e. The van der Waals surface area contributed by atoms with E-state index in [-0.39, 0.29) is 18.3 Å². The summed E-state index contributed by atoms with van der Waals surface area (Å²) in [5, 5.41) is 3.18. The SMILES string of the molecule is CCOC(=O)CN1CCCN/C1=C\C(=O)c1ccc(Br)cc1. The Morgan fingerprint density at radius 3 is 2.77 bits per heavy atom. The highest BCUT2D eigenvalue weighted by Crippen LogP contribution is 2.14. The van der Waals surface area contributed by atoms with Crippen LogP contribution in [0.15, 0.2) is 40.6 Å². The van der Waals surface area contributed by atoms with Crippen LogP contribution in [0.25, 0.3) is 0 Å². The van der Waals surface area contributed by atoms with Gasteiger partial charge in [0.05, 0.1) is 6.61 Å². The minimum atomic E-state index is -0.284. The Balaban J connectivity index is 2.10. The van der Waals surface area contributed by atoms with Gasteiger partial charge in [-0.25, -0.2) is 0 Å². The van der Waals surface area contributed by atoms with Crippen molar-refractivity contribution >= 4 is 27.7 Å². The number of ketones is 1. The monoisotopic (exact) mass is 366 g/mol. The fraction of sp³-hybridized carbons (Fsp3) is 0.375. The molecular formula is C16H19BrN2O3. The Bertz CT molecular complexity index is 569. The predicted octanol–water partition coefficient (Wildman–Crippen LogP) is 2.33. The van der Waals surface area contributed by atoms with Gasteiger partial charge >= 0.3 is 5.97 Å². The number of esters is 1. The smallest absolute Gasteiger partial charge is 0.325 e. The molecule has 0 aliphatic carbocycles. The number of benzene rings is 1. The molecule has 0 aromatic heterocycles. The van der Waals surface area contributed by atoms with Crippen molar-refractivity contribution in [2.24, 2.45) is 0 Å². The van der Waals surface area contributed by atoms with Crippen molar-refractivity contribution in [1.29, 1.82) is 0 Å². The maximum atomic E-state index is 12.3. The summed E-state index contributed by atoms with van der Waals surface area (Å²) in [6, 6.07) is 7.19. The van der Waals surface area contributed by atoms with Gasteiger partial charge in [-0.05, 0) is 37.6 Å². The van der Waals surface area contributed by atoms with Gasteiger partial charge in [0.1, 0.15) is 12.4 Å². The molecule has 1 aliphatic heterocycles. The van der Waals surface area contributed by atoms with Crippen molar-refractivity contribution in [3.63, 3.8) is 0 Å². The lowest BCUT2D eigenvalue weighted by Gasteiger charge is -2.31. The van der Waals surface area contributed by atoms with E-state index in [0.29, 0.717) is 18.0 Å². The molecular weight excluding hydrogens is 348 g/mol. The molecule has 0 atom stereocenters. The first-order valence-corrected chi connectivity index (χ1v) is 8.05. The van der Waals surface area contributed by atoms with Gasteiger partial charge < -0.3 is 15.0 Å². The molecule has 1 aliphatic rings. The second kappa shape index (κ2) is 7.98. The summed E-state index contributed by atoms with van der Waals surface area (Å²) in [4.78, 5) is 25.8. The average Bonchev–Trinajstić information content (AvgIpc) is 2.50. The second-order valence-corrected chi connectivity index (χ2v) is 5.82. The van der Waals surface area contributed by atoms with E-state index in [2.05, 4.69) is 21.2 Å². The van der Waals surface area contributed by atoms with Gasteiger partial charge in [0.15, 0.2) is 5.78 Å². The van der Waals surface area contributed by atoms with E-state index in [1.807, 2.05) is 17.0 Å². The summed E-state index contributed by atoms with van der Waals surface area (Å²) >= 11 is 3.35. The average molecular weight is 367 g/mol. The molecule has 1 N–H and O–H groups in total. The fourth-order valence-electron chi connectivity index (χ4n) is 2.21. The number of halogens is 1. The molecule has 0 saturated carbocycles. The van der Waals surface area contributed by atoms with Crippen LogP contribution in [-0.2, 0) is 9.53 Å². The Morgan fingerprint density at radius 2 is 2.09 bits per heavy atom. The van der Waals surface area contributed by atoms with E-state index < -0.39 is 0 Å². The zero-order valence-electron chi connectivity index (χ0n) is 12.5. The van der Waals surface area contributed by atoms with Crippen molar-refractivity contribution in [3.05, 3.63) is 46.2 Å². The van der Waals surface area contributed by atoms with Crippen molar-refractivity contribution < 1.29 is 14.3 Å². The quantitative estimate of drug-likeness (QED) is 0.492. The number of rotatable bonds is 5. The Morgan fingerprint density at radius 1 is 1.36 bits per heavy atom. The van der Waals surface area contributed by atoms with Gasteiger partial charge in [0, 0.05) is 29.2 Å². The van der Waals surface area contributed by atoms with Crippen LogP contribution in [0.1, 0.15) is 23.7 Å². The zero-order chi connectivity index (χ0) is 15.9. The van der Waals surface area contributed by atoms with Crippen molar-refractivity contribution in [2.75, 3.05) is 26.2 Å². The van der Waals surface area contributed by atoms with Crippen molar-refractivity contribution in [2.45, 2.75) is 13.3 Å². The van der Waals surface area contributed by atoms with Crippen molar-refractivity contribution in [1.82, 2.24) is 10.2 Å². The Labute approximate surface area is 138 Å². The first-order chi connectivity index (χ1) is 10.6. The molecule has 1 saturated heterocycles. The molecule has 0 amide bonds. The number of ether oxygens (including phenoxy) is 1. The molecule has 5 nitrogen and oxygen atoms in total. The summed E-state index contributed by atoms with van der Waals surface area (Å²) < 4.78 is 5.90. The van der Waals surface area contributed by atoms with Crippen LogP contribution in [0.2, 0.25) is 0 Å². The molecule has 0 unspecified atom stereocenters. The highest BCUT2D eigenvalue weighted by atomic mass is 79.9. The standard InChI is InChI=1S/C16H19BrN2O3/c1-2-22-16(21)11-19-9-3-8-18-15(19)10-14(20)12-4-6-13(17)7-5-12/h4-7,10,18H,2-3,8-9,11H2,1H3/b15-10+. The summed E-state index contributed by atoms with van der Waals surface area (Å²) in [5.41, 5.74) is 0.610. The highest BCUT2D eigenvalue weighted by molar-refractivity contribution is 9.10. The first kappa shape index (κ1) is 16.5. The maximum absolute atomic E-state index is 12.3. The van der Waals surface area contributed by atoms with Gasteiger partial charge in [-0.15, -0.1) is 0 Å². The summed E-state index contributed by atoms with van der Waals surface area (Å²) in [6.45, 7) is 3.81. The third-order valence-electron chi connectivity index (χ3n) is 3.27. The Hall–Kier alpha value is -1.82. The van der Waals surface area contributed by atoms with Crippen molar-refractivity contribution in [3.8, 4) is 0 Å². The molecule has 1 heterocycles. The molecule has 0 bridgehead atoms. The number of nitrogens with zero attached hydrogens (tertiary/aromatic N) is 1. The molecule has 0 radical (unpaired) electrons. The van der Waals surface area contributed by atoms with E-state index in [1.165, 1.54) is 0 Å². The van der Waals surface area contributed by atoms with E-state index in [1.54, 1.807) is 25.1 Å². The third kappa shape index (κ3) is 4.59. The lowest BCUT2D eigenvalue weighted by atomic mass is 10.1. The van der Waals surface area contributed by atoms with Gasteiger partial charge in [0.2, 0.25) is 0 Å². The van der Waals surface area contributed by atoms with Gasteiger partial charge in [-0.3, -0.25) is 9.59 Å². The number of allylic oxidation sites excluding steroid dienone is 1. The maximum Gasteiger partial charge on any atom is 0.325 e. The zero-order valence-corrected chi connectivity index (χ0v) is 14.1. The van der Waals surface area contributed by atoms with E-state index in [0.717, 1.165) is 24.0 Å². The number of hydrogen-bond acceptors (Lipinski definition) is 5. The Kier molecular flexibility index (Phi) is 6.00. The number of nitrogens with one attached hydrogen (secondary N) is 1. The molecule has 1 aromatic rings. The topological polar surface area (TPSA) is 58.6 Å². The van der Waals surface area contributed by atoms with Gasteiger partial charge in [0.25, 0.3) is 0 Å². The highest BCUT2D eigenvalue weighted by Gasteiger charge is 2.19. The molecule has 1 aromatic carbocycles. The predicted molar refractivity (Wildman–Crippen MR) is 87.4 cm³/mol. The fourth-order valence-corrected chi connectivity index (χ4v) is 2.47. The van der Waals surface area contributed by atoms with Gasteiger partial charge in [-0.1, -0.05) is 15.9 Å². The van der Waals surface area contributed by atoms with Crippen LogP contribution in [0, 0.1) is 0 Å². The lowest BCUT2D eigenvalue weighted by molar-refractivity contribution is -0.144. The molecule has 1 fully saturated rings. The number of carbonyl (C=O) groups is 2. The molecule has 6 heteroatoms. The van der Waals surface area contributed by atoms with Crippen LogP contribution < -0.4 is 5.32 Å². The van der Waals surface area contributed by atoms with Crippen LogP contribution in [0.3, 0.4) is 0 Å². The molecule has 0 spiro atoms. The van der Waals surface area contributed by atoms with E-state index in [4.69, 9.17) is 4.74 Å². The van der Waals surface area contributed by atoms with Crippen LogP contribution >= 0.6 is 15.9 Å². The third-order valence-corrected chi connectivity index (χ3v) is 3.80. The summed E-state index contributed by atoms with van der Waals surface area (Å²) in [5.74, 6) is 0.297.